The zero-order valence-electron chi connectivity index (χ0n) is 20.3. The van der Waals surface area contributed by atoms with Crippen LogP contribution < -0.4 is 11.1 Å². The van der Waals surface area contributed by atoms with Crippen molar-refractivity contribution in [2.45, 2.75) is 38.0 Å². The van der Waals surface area contributed by atoms with Crippen LogP contribution in [0.2, 0.25) is 0 Å². The van der Waals surface area contributed by atoms with Gasteiger partial charge in [-0.05, 0) is 61.7 Å². The number of pyridine rings is 1. The molecule has 0 spiro atoms. The van der Waals surface area contributed by atoms with Gasteiger partial charge in [-0.3, -0.25) is 4.79 Å². The molecular formula is C27H34N4O4. The fourth-order valence-corrected chi connectivity index (χ4v) is 3.89. The van der Waals surface area contributed by atoms with E-state index in [9.17, 15) is 20.1 Å². The van der Waals surface area contributed by atoms with Gasteiger partial charge in [-0.2, -0.15) is 0 Å². The molecule has 3 aromatic rings. The second-order valence-electron chi connectivity index (χ2n) is 9.47. The Morgan fingerprint density at radius 2 is 1.80 bits per heavy atom. The molecule has 8 nitrogen and oxygen atoms in total. The van der Waals surface area contributed by atoms with Gasteiger partial charge in [-0.1, -0.05) is 30.3 Å². The molecule has 0 aliphatic rings. The second kappa shape index (κ2) is 11.3. The van der Waals surface area contributed by atoms with Crippen molar-refractivity contribution in [3.05, 3.63) is 89.1 Å². The van der Waals surface area contributed by atoms with Gasteiger partial charge in [0.2, 0.25) is 0 Å². The lowest BCUT2D eigenvalue weighted by molar-refractivity contribution is 0.0680. The number of aliphatic hydroxyl groups is 2. The van der Waals surface area contributed by atoms with Crippen molar-refractivity contribution < 1.29 is 20.1 Å². The van der Waals surface area contributed by atoms with Crippen molar-refractivity contribution in [2.24, 2.45) is 0 Å². The molecule has 0 bridgehead atoms. The van der Waals surface area contributed by atoms with Crippen LogP contribution in [0.25, 0.3) is 0 Å². The first kappa shape index (κ1) is 26.2. The number of likely N-dealkylation sites (N-methyl/N-ethyl adjacent to an activating group) is 1. The third-order valence-corrected chi connectivity index (χ3v) is 5.84. The fourth-order valence-electron chi connectivity index (χ4n) is 3.89. The molecule has 1 heterocycles. The Labute approximate surface area is 206 Å². The van der Waals surface area contributed by atoms with E-state index >= 15 is 0 Å². The largest absolute Gasteiger partial charge is 0.508 e. The number of nitrogen functional groups attached to an aromatic ring is 1. The zero-order chi connectivity index (χ0) is 25.6. The van der Waals surface area contributed by atoms with Gasteiger partial charge in [0.1, 0.15) is 11.6 Å². The number of nitrogens with zero attached hydrogens (tertiary/aromatic N) is 2. The number of rotatable bonds is 10. The Hall–Kier alpha value is -3.46. The maximum atomic E-state index is 13.0. The maximum Gasteiger partial charge on any atom is 0.253 e. The predicted molar refractivity (Wildman–Crippen MR) is 136 cm³/mol. The Morgan fingerprint density at radius 1 is 1.06 bits per heavy atom. The third-order valence-electron chi connectivity index (χ3n) is 5.84. The summed E-state index contributed by atoms with van der Waals surface area (Å²) in [5, 5.41) is 33.9. The number of benzene rings is 2. The van der Waals surface area contributed by atoms with E-state index < -0.39 is 12.2 Å². The number of carbonyl (C=O) groups excluding carboxylic acids is 1. The first-order chi connectivity index (χ1) is 16.5. The van der Waals surface area contributed by atoms with Gasteiger partial charge in [0.25, 0.3) is 5.91 Å². The number of amides is 1. The molecule has 0 radical (unpaired) electrons. The number of phenolic OH excluding ortho intramolecular Hbond substituents is 1. The van der Waals surface area contributed by atoms with Crippen LogP contribution in [0.15, 0.2) is 66.9 Å². The summed E-state index contributed by atoms with van der Waals surface area (Å²) in [6, 6.07) is 17.2. The highest BCUT2D eigenvalue weighted by Gasteiger charge is 2.22. The van der Waals surface area contributed by atoms with Crippen LogP contribution in [0.5, 0.6) is 5.75 Å². The van der Waals surface area contributed by atoms with Gasteiger partial charge >= 0.3 is 0 Å². The minimum absolute atomic E-state index is 0.0668. The van der Waals surface area contributed by atoms with E-state index in [4.69, 9.17) is 5.73 Å². The van der Waals surface area contributed by atoms with E-state index in [1.54, 1.807) is 43.6 Å². The van der Waals surface area contributed by atoms with E-state index in [0.717, 1.165) is 5.56 Å². The average Bonchev–Trinajstić information content (AvgIpc) is 2.82. The van der Waals surface area contributed by atoms with E-state index in [1.165, 1.54) is 17.0 Å². The summed E-state index contributed by atoms with van der Waals surface area (Å²) >= 11 is 0. The summed E-state index contributed by atoms with van der Waals surface area (Å²) in [6.07, 6.45) is 0.570. The number of nitrogens with two attached hydrogens (primary N) is 1. The Balaban J connectivity index is 1.59. The molecule has 8 heteroatoms. The maximum absolute atomic E-state index is 13.0. The van der Waals surface area contributed by atoms with Crippen LogP contribution in [-0.2, 0) is 6.42 Å². The predicted octanol–water partition coefficient (Wildman–Crippen LogP) is 2.82. The molecule has 6 N–H and O–H groups in total. The van der Waals surface area contributed by atoms with E-state index in [0.29, 0.717) is 35.5 Å². The van der Waals surface area contributed by atoms with Gasteiger partial charge < -0.3 is 31.3 Å². The summed E-state index contributed by atoms with van der Waals surface area (Å²) < 4.78 is 0. The number of phenols is 1. The molecule has 0 fully saturated rings. The average molecular weight is 479 g/mol. The lowest BCUT2D eigenvalue weighted by Crippen LogP contribution is -2.43. The number of aliphatic hydroxyl groups excluding tert-OH is 2. The summed E-state index contributed by atoms with van der Waals surface area (Å²) in [4.78, 5) is 18.5. The summed E-state index contributed by atoms with van der Waals surface area (Å²) in [5.74, 6) is 0.267. The molecule has 2 aromatic carbocycles. The molecule has 3 rings (SSSR count). The minimum Gasteiger partial charge on any atom is -0.508 e. The van der Waals surface area contributed by atoms with Crippen LogP contribution in [-0.4, -0.2) is 56.8 Å². The van der Waals surface area contributed by atoms with Crippen LogP contribution in [0.3, 0.4) is 0 Å². The summed E-state index contributed by atoms with van der Waals surface area (Å²) in [6.45, 7) is 4.50. The number of hydrogen-bond donors (Lipinski definition) is 5. The molecule has 186 valence electrons. The van der Waals surface area contributed by atoms with E-state index in [-0.39, 0.29) is 23.7 Å². The highest BCUT2D eigenvalue weighted by molar-refractivity contribution is 5.94. The highest BCUT2D eigenvalue weighted by Crippen LogP contribution is 2.21. The molecule has 0 aliphatic carbocycles. The minimum atomic E-state index is -0.912. The first-order valence-corrected chi connectivity index (χ1v) is 11.5. The van der Waals surface area contributed by atoms with Crippen molar-refractivity contribution in [1.82, 2.24) is 15.2 Å². The van der Waals surface area contributed by atoms with Gasteiger partial charge in [0.05, 0.1) is 18.8 Å². The molecule has 35 heavy (non-hydrogen) atoms. The number of nitrogens with one attached hydrogen (secondary N) is 1. The Morgan fingerprint density at radius 3 is 2.49 bits per heavy atom. The number of aromatic nitrogens is 1. The zero-order valence-corrected chi connectivity index (χ0v) is 20.3. The quantitative estimate of drug-likeness (QED) is 0.303. The molecule has 0 aliphatic heterocycles. The first-order valence-electron chi connectivity index (χ1n) is 11.5. The number of aromatic hydroxyl groups is 1. The number of β-amino-alcohol motifs (C(OH)–C–C–N with tert-alkyl or cyclic N) is 1. The van der Waals surface area contributed by atoms with Crippen LogP contribution in [0.1, 0.15) is 53.1 Å². The standard InChI is InChI=1S/C27H34N4O4/c1-27(2,30-16-23(33)21-10-11-25(28)29-15-21)14-18-6-4-8-20(12-18)26(35)31(3)17-24(34)19-7-5-9-22(32)13-19/h4-13,15,23-24,30,32-34H,14,16-17H2,1-3H3,(H2,28,29)/t23-,24?/m1/s1. The normalized spacial score (nSPS) is 13.3. The summed E-state index contributed by atoms with van der Waals surface area (Å²) in [7, 11) is 1.64. The van der Waals surface area contributed by atoms with Crippen molar-refractivity contribution in [1.29, 1.82) is 0 Å². The molecule has 1 unspecified atom stereocenters. The highest BCUT2D eigenvalue weighted by atomic mass is 16.3. The van der Waals surface area contributed by atoms with Crippen molar-refractivity contribution in [3.63, 3.8) is 0 Å². The second-order valence-corrected chi connectivity index (χ2v) is 9.47. The van der Waals surface area contributed by atoms with Gasteiger partial charge in [0.15, 0.2) is 0 Å². The van der Waals surface area contributed by atoms with Crippen molar-refractivity contribution >= 4 is 11.7 Å². The van der Waals surface area contributed by atoms with Crippen LogP contribution >= 0.6 is 0 Å². The fraction of sp³-hybridized carbons (Fsp3) is 0.333. The molecule has 2 atom stereocenters. The number of hydrogen-bond acceptors (Lipinski definition) is 7. The smallest absolute Gasteiger partial charge is 0.253 e. The summed E-state index contributed by atoms with van der Waals surface area (Å²) in [5.41, 5.74) is 7.99. The Bertz CT molecular complexity index is 1130. The van der Waals surface area contributed by atoms with Crippen LogP contribution in [0, 0.1) is 0 Å². The monoisotopic (exact) mass is 478 g/mol. The van der Waals surface area contributed by atoms with Crippen LogP contribution in [0.4, 0.5) is 5.82 Å². The lowest BCUT2D eigenvalue weighted by atomic mass is 9.93. The number of carbonyl (C=O) groups is 1. The van der Waals surface area contributed by atoms with Gasteiger partial charge in [-0.15, -0.1) is 0 Å². The van der Waals surface area contributed by atoms with E-state index in [2.05, 4.69) is 10.3 Å². The lowest BCUT2D eigenvalue weighted by Gasteiger charge is -2.28. The molecule has 0 saturated carbocycles. The number of anilines is 1. The molecule has 1 aromatic heterocycles. The van der Waals surface area contributed by atoms with Gasteiger partial charge in [0, 0.05) is 36.5 Å². The molecular weight excluding hydrogens is 444 g/mol. The van der Waals surface area contributed by atoms with Crippen molar-refractivity contribution in [2.75, 3.05) is 25.9 Å². The Kier molecular flexibility index (Phi) is 8.45. The topological polar surface area (TPSA) is 132 Å². The van der Waals surface area contributed by atoms with Gasteiger partial charge in [-0.25, -0.2) is 4.98 Å². The van der Waals surface area contributed by atoms with E-state index in [1.807, 2.05) is 32.0 Å². The van der Waals surface area contributed by atoms with Crippen molar-refractivity contribution in [3.8, 4) is 5.75 Å². The molecule has 0 saturated heterocycles. The molecule has 1 amide bonds. The SMILES string of the molecule is CN(CC(O)c1cccc(O)c1)C(=O)c1cccc(CC(C)(C)NC[C@@H](O)c2ccc(N)nc2)c1. The third kappa shape index (κ3) is 7.51.